The van der Waals surface area contributed by atoms with Gasteiger partial charge in [-0.2, -0.15) is 0 Å². The highest BCUT2D eigenvalue weighted by Gasteiger charge is 2.12. The monoisotopic (exact) mass is 244 g/mol. The van der Waals surface area contributed by atoms with Gasteiger partial charge in [0, 0.05) is 0 Å². The van der Waals surface area contributed by atoms with Crippen LogP contribution in [0.1, 0.15) is 19.8 Å². The molecule has 0 aliphatic carbocycles. The largest absolute Gasteiger partial charge is 0.317 e. The van der Waals surface area contributed by atoms with Gasteiger partial charge >= 0.3 is 0 Å². The van der Waals surface area contributed by atoms with Crippen molar-refractivity contribution in [3.05, 3.63) is 0 Å². The van der Waals surface area contributed by atoms with Gasteiger partial charge in [-0.3, -0.25) is 0 Å². The summed E-state index contributed by atoms with van der Waals surface area (Å²) < 4.78 is 47.5. The molecule has 0 aliphatic rings. The summed E-state index contributed by atoms with van der Waals surface area (Å²) >= 11 is 0. The number of hydrogen-bond acceptors (Lipinski definition) is 3. The standard InChI is InChI=1S/C8H18F2N2O2S/c1-2-11-5-3-4-6-15(13,14)12-7-8(9)10/h8,11-12H,2-7H2,1H3. The molecule has 2 N–H and O–H groups in total. The highest BCUT2D eigenvalue weighted by molar-refractivity contribution is 7.89. The molecular weight excluding hydrogens is 226 g/mol. The lowest BCUT2D eigenvalue weighted by Crippen LogP contribution is -2.31. The third-order valence-electron chi connectivity index (χ3n) is 1.72. The lowest BCUT2D eigenvalue weighted by Gasteiger charge is -2.06. The molecule has 7 heteroatoms. The molecule has 0 amide bonds. The number of unbranched alkanes of at least 4 members (excludes halogenated alkanes) is 1. The lowest BCUT2D eigenvalue weighted by atomic mass is 10.3. The number of halogens is 2. The topological polar surface area (TPSA) is 58.2 Å². The van der Waals surface area contributed by atoms with E-state index in [4.69, 9.17) is 0 Å². The van der Waals surface area contributed by atoms with Crippen LogP contribution < -0.4 is 10.0 Å². The van der Waals surface area contributed by atoms with Gasteiger partial charge in [-0.25, -0.2) is 21.9 Å². The second-order valence-corrected chi connectivity index (χ2v) is 5.05. The maximum absolute atomic E-state index is 11.7. The van der Waals surface area contributed by atoms with Crippen molar-refractivity contribution in [2.45, 2.75) is 26.2 Å². The smallest absolute Gasteiger partial charge is 0.251 e. The fraction of sp³-hybridized carbons (Fsp3) is 1.00. The third kappa shape index (κ3) is 10.0. The van der Waals surface area contributed by atoms with Crippen LogP contribution in [0.4, 0.5) is 8.78 Å². The summed E-state index contributed by atoms with van der Waals surface area (Å²) in [6.45, 7) is 2.76. The van der Waals surface area contributed by atoms with E-state index in [1.807, 2.05) is 11.6 Å². The van der Waals surface area contributed by atoms with E-state index in [9.17, 15) is 17.2 Å². The van der Waals surface area contributed by atoms with Crippen molar-refractivity contribution < 1.29 is 17.2 Å². The van der Waals surface area contributed by atoms with Crippen LogP contribution in [0.2, 0.25) is 0 Å². The van der Waals surface area contributed by atoms with Gasteiger partial charge in [-0.1, -0.05) is 6.92 Å². The summed E-state index contributed by atoms with van der Waals surface area (Å²) in [5, 5.41) is 3.05. The summed E-state index contributed by atoms with van der Waals surface area (Å²) in [5.41, 5.74) is 0. The molecule has 4 nitrogen and oxygen atoms in total. The molecular formula is C8H18F2N2O2S. The lowest BCUT2D eigenvalue weighted by molar-refractivity contribution is 0.153. The van der Waals surface area contributed by atoms with Gasteiger partial charge in [-0.05, 0) is 25.9 Å². The molecule has 0 radical (unpaired) electrons. The van der Waals surface area contributed by atoms with E-state index in [0.29, 0.717) is 6.42 Å². The molecule has 0 saturated heterocycles. The Balaban J connectivity index is 3.56. The van der Waals surface area contributed by atoms with Gasteiger partial charge in [0.15, 0.2) is 0 Å². The molecule has 0 aliphatic heterocycles. The number of alkyl halides is 2. The molecule has 92 valence electrons. The summed E-state index contributed by atoms with van der Waals surface area (Å²) in [6.07, 6.45) is -1.43. The summed E-state index contributed by atoms with van der Waals surface area (Å²) in [7, 11) is -3.52. The van der Waals surface area contributed by atoms with Crippen LogP contribution in [0.3, 0.4) is 0 Å². The van der Waals surface area contributed by atoms with Crippen molar-refractivity contribution >= 4 is 10.0 Å². The molecule has 0 aromatic rings. The Labute approximate surface area is 89.5 Å². The molecule has 0 aromatic heterocycles. The number of sulfonamides is 1. The Hall–Kier alpha value is -0.270. The molecule has 0 spiro atoms. The van der Waals surface area contributed by atoms with Crippen LogP contribution in [-0.4, -0.2) is 40.2 Å². The number of rotatable bonds is 9. The zero-order valence-corrected chi connectivity index (χ0v) is 9.62. The molecule has 15 heavy (non-hydrogen) atoms. The van der Waals surface area contributed by atoms with Crippen molar-refractivity contribution in [1.29, 1.82) is 0 Å². The number of nitrogens with one attached hydrogen (secondary N) is 2. The van der Waals surface area contributed by atoms with E-state index in [1.54, 1.807) is 0 Å². The Morgan fingerprint density at radius 2 is 1.93 bits per heavy atom. The van der Waals surface area contributed by atoms with Gasteiger partial charge in [0.2, 0.25) is 10.0 Å². The average molecular weight is 244 g/mol. The minimum absolute atomic E-state index is 0.0921. The zero-order chi connectivity index (χ0) is 11.7. The molecule has 0 rings (SSSR count). The van der Waals surface area contributed by atoms with E-state index in [-0.39, 0.29) is 5.75 Å². The highest BCUT2D eigenvalue weighted by atomic mass is 32.2. The summed E-state index contributed by atoms with van der Waals surface area (Å²) in [4.78, 5) is 0. The van der Waals surface area contributed by atoms with Gasteiger partial charge in [-0.15, -0.1) is 0 Å². The Bertz CT molecular complexity index is 245. The quantitative estimate of drug-likeness (QED) is 0.583. The van der Waals surface area contributed by atoms with Crippen molar-refractivity contribution in [2.75, 3.05) is 25.4 Å². The predicted octanol–water partition coefficient (Wildman–Crippen LogP) is 0.561. The first kappa shape index (κ1) is 14.7. The molecule has 0 unspecified atom stereocenters. The molecule has 0 saturated carbocycles. The molecule has 0 bridgehead atoms. The molecule has 0 aromatic carbocycles. The first-order valence-electron chi connectivity index (χ1n) is 4.94. The normalized spacial score (nSPS) is 12.3. The third-order valence-corrected chi connectivity index (χ3v) is 3.16. The zero-order valence-electron chi connectivity index (χ0n) is 8.80. The van der Waals surface area contributed by atoms with Crippen LogP contribution >= 0.6 is 0 Å². The average Bonchev–Trinajstić information content (AvgIpc) is 2.15. The van der Waals surface area contributed by atoms with E-state index in [1.165, 1.54) is 0 Å². The van der Waals surface area contributed by atoms with E-state index >= 15 is 0 Å². The van der Waals surface area contributed by atoms with E-state index in [0.717, 1.165) is 19.5 Å². The van der Waals surface area contributed by atoms with Gasteiger partial charge in [0.05, 0.1) is 12.3 Å². The maximum Gasteiger partial charge on any atom is 0.251 e. The SMILES string of the molecule is CCNCCCCS(=O)(=O)NCC(F)F. The van der Waals surface area contributed by atoms with Crippen LogP contribution in [0.25, 0.3) is 0 Å². The number of hydrogen-bond donors (Lipinski definition) is 2. The first-order valence-corrected chi connectivity index (χ1v) is 6.59. The highest BCUT2D eigenvalue weighted by Crippen LogP contribution is 1.96. The van der Waals surface area contributed by atoms with E-state index < -0.39 is 23.0 Å². The molecule has 0 fully saturated rings. The van der Waals surface area contributed by atoms with E-state index in [2.05, 4.69) is 5.32 Å². The van der Waals surface area contributed by atoms with Crippen LogP contribution in [0.15, 0.2) is 0 Å². The van der Waals surface area contributed by atoms with Crippen molar-refractivity contribution in [3.63, 3.8) is 0 Å². The Kier molecular flexibility index (Phi) is 7.81. The summed E-state index contributed by atoms with van der Waals surface area (Å²) in [6, 6.07) is 0. The molecule has 0 heterocycles. The fourth-order valence-corrected chi connectivity index (χ4v) is 2.09. The van der Waals surface area contributed by atoms with Crippen LogP contribution in [0, 0.1) is 0 Å². The first-order chi connectivity index (χ1) is 6.98. The maximum atomic E-state index is 11.7. The molecule has 0 atom stereocenters. The second kappa shape index (κ2) is 7.95. The van der Waals surface area contributed by atoms with Gasteiger partial charge in [0.25, 0.3) is 6.43 Å². The second-order valence-electron chi connectivity index (χ2n) is 3.12. The van der Waals surface area contributed by atoms with Gasteiger partial charge in [0.1, 0.15) is 0 Å². The minimum Gasteiger partial charge on any atom is -0.317 e. The van der Waals surface area contributed by atoms with Crippen molar-refractivity contribution in [3.8, 4) is 0 Å². The summed E-state index contributed by atoms with van der Waals surface area (Å²) in [5.74, 6) is -0.0921. The van der Waals surface area contributed by atoms with Crippen LogP contribution in [0.5, 0.6) is 0 Å². The van der Waals surface area contributed by atoms with Crippen molar-refractivity contribution in [2.24, 2.45) is 0 Å². The Morgan fingerprint density at radius 3 is 2.47 bits per heavy atom. The predicted molar refractivity (Wildman–Crippen MR) is 55.6 cm³/mol. The van der Waals surface area contributed by atoms with Crippen molar-refractivity contribution in [1.82, 2.24) is 10.0 Å². The van der Waals surface area contributed by atoms with Crippen LogP contribution in [-0.2, 0) is 10.0 Å². The Morgan fingerprint density at radius 1 is 1.27 bits per heavy atom. The van der Waals surface area contributed by atoms with Gasteiger partial charge < -0.3 is 5.32 Å². The fourth-order valence-electron chi connectivity index (χ4n) is 0.981. The minimum atomic E-state index is -3.52.